The molecular formula is C13H14BrClFN3O. The molecule has 2 aromatic rings. The molecule has 0 fully saturated rings. The number of anilines is 1. The van der Waals surface area contributed by atoms with Crippen LogP contribution in [0.1, 0.15) is 19.0 Å². The van der Waals surface area contributed by atoms with Gasteiger partial charge in [-0.15, -0.1) is 0 Å². The number of hydrogen-bond donors (Lipinski definition) is 1. The number of aromatic nitrogens is 2. The summed E-state index contributed by atoms with van der Waals surface area (Å²) in [6.07, 6.45) is 0.882. The molecule has 0 amide bonds. The molecule has 20 heavy (non-hydrogen) atoms. The van der Waals surface area contributed by atoms with Gasteiger partial charge in [-0.3, -0.25) is 0 Å². The molecule has 0 unspecified atom stereocenters. The molecule has 0 bridgehead atoms. The number of aryl methyl sites for hydroxylation is 2. The summed E-state index contributed by atoms with van der Waals surface area (Å²) in [4.78, 5) is 0. The maximum absolute atomic E-state index is 13.5. The summed E-state index contributed by atoms with van der Waals surface area (Å²) in [6, 6.07) is 2.65. The smallest absolute Gasteiger partial charge is 0.241 e. The van der Waals surface area contributed by atoms with Crippen LogP contribution in [0.25, 0.3) is 0 Å². The number of nitrogen functional groups attached to an aromatic ring is 1. The van der Waals surface area contributed by atoms with Crippen molar-refractivity contribution >= 4 is 33.2 Å². The van der Waals surface area contributed by atoms with E-state index in [1.54, 1.807) is 11.6 Å². The molecule has 0 saturated heterocycles. The number of nitrogens with two attached hydrogens (primary N) is 1. The van der Waals surface area contributed by atoms with Crippen molar-refractivity contribution < 1.29 is 9.13 Å². The summed E-state index contributed by atoms with van der Waals surface area (Å²) in [5, 5.41) is 4.32. The minimum atomic E-state index is -0.554. The van der Waals surface area contributed by atoms with Crippen molar-refractivity contribution in [1.82, 2.24) is 9.78 Å². The van der Waals surface area contributed by atoms with Gasteiger partial charge in [0.1, 0.15) is 17.3 Å². The minimum absolute atomic E-state index is 0.0236. The third kappa shape index (κ3) is 2.91. The van der Waals surface area contributed by atoms with Gasteiger partial charge in [-0.05, 0) is 35.3 Å². The van der Waals surface area contributed by atoms with Crippen LogP contribution >= 0.6 is 27.5 Å². The quantitative estimate of drug-likeness (QED) is 0.813. The number of rotatable bonds is 4. The third-order valence-corrected chi connectivity index (χ3v) is 3.65. The van der Waals surface area contributed by atoms with Gasteiger partial charge in [-0.25, -0.2) is 9.07 Å². The first kappa shape index (κ1) is 15.1. The molecule has 2 N–H and O–H groups in total. The van der Waals surface area contributed by atoms with Gasteiger partial charge in [0.2, 0.25) is 5.88 Å². The van der Waals surface area contributed by atoms with E-state index < -0.39 is 5.82 Å². The molecule has 0 aliphatic carbocycles. The van der Waals surface area contributed by atoms with E-state index in [1.807, 2.05) is 6.92 Å². The van der Waals surface area contributed by atoms with Gasteiger partial charge >= 0.3 is 0 Å². The van der Waals surface area contributed by atoms with Crippen molar-refractivity contribution in [2.45, 2.75) is 26.8 Å². The molecule has 1 heterocycles. The zero-order valence-electron chi connectivity index (χ0n) is 11.1. The maximum Gasteiger partial charge on any atom is 0.241 e. The lowest BCUT2D eigenvalue weighted by molar-refractivity contribution is 0.406. The van der Waals surface area contributed by atoms with Crippen LogP contribution in [0.3, 0.4) is 0 Å². The van der Waals surface area contributed by atoms with Crippen LogP contribution in [0.2, 0.25) is 5.02 Å². The van der Waals surface area contributed by atoms with E-state index in [0.717, 1.165) is 6.42 Å². The van der Waals surface area contributed by atoms with E-state index in [2.05, 4.69) is 21.0 Å². The lowest BCUT2D eigenvalue weighted by Crippen LogP contribution is -2.03. The van der Waals surface area contributed by atoms with Gasteiger partial charge < -0.3 is 10.5 Å². The van der Waals surface area contributed by atoms with Crippen molar-refractivity contribution in [2.24, 2.45) is 0 Å². The zero-order chi connectivity index (χ0) is 14.9. The Morgan fingerprint density at radius 2 is 2.20 bits per heavy atom. The maximum atomic E-state index is 13.5. The molecule has 2 rings (SSSR count). The van der Waals surface area contributed by atoms with Crippen molar-refractivity contribution in [1.29, 1.82) is 0 Å². The SMILES string of the molecule is CCCn1nc(C)c(N)c1Oc1cc(F)c(Cl)cc1Br. The van der Waals surface area contributed by atoms with Gasteiger partial charge in [0, 0.05) is 12.6 Å². The molecule has 0 saturated carbocycles. The first-order valence-corrected chi connectivity index (χ1v) is 7.26. The molecule has 7 heteroatoms. The van der Waals surface area contributed by atoms with Crippen LogP contribution in [-0.4, -0.2) is 9.78 Å². The summed E-state index contributed by atoms with van der Waals surface area (Å²) in [6.45, 7) is 4.49. The molecular weight excluding hydrogens is 349 g/mol. The lowest BCUT2D eigenvalue weighted by atomic mass is 10.3. The average molecular weight is 363 g/mol. The number of nitrogens with zero attached hydrogens (tertiary/aromatic N) is 2. The Kier molecular flexibility index (Phi) is 4.55. The van der Waals surface area contributed by atoms with Crippen molar-refractivity contribution in [3.05, 3.63) is 33.1 Å². The topological polar surface area (TPSA) is 53.1 Å². The first-order valence-electron chi connectivity index (χ1n) is 6.09. The molecule has 0 radical (unpaired) electrons. The highest BCUT2D eigenvalue weighted by atomic mass is 79.9. The van der Waals surface area contributed by atoms with E-state index in [1.165, 1.54) is 12.1 Å². The Morgan fingerprint density at radius 3 is 2.85 bits per heavy atom. The van der Waals surface area contributed by atoms with Crippen LogP contribution in [0.5, 0.6) is 11.6 Å². The van der Waals surface area contributed by atoms with Crippen molar-refractivity contribution in [3.8, 4) is 11.6 Å². The fraction of sp³-hybridized carbons (Fsp3) is 0.308. The fourth-order valence-electron chi connectivity index (χ4n) is 1.73. The molecule has 108 valence electrons. The van der Waals surface area contributed by atoms with E-state index >= 15 is 0 Å². The molecule has 0 aliphatic heterocycles. The predicted octanol–water partition coefficient (Wildman–Crippen LogP) is 4.53. The van der Waals surface area contributed by atoms with E-state index in [4.69, 9.17) is 22.1 Å². The minimum Gasteiger partial charge on any atom is -0.436 e. The van der Waals surface area contributed by atoms with Crippen LogP contribution in [-0.2, 0) is 6.54 Å². The largest absolute Gasteiger partial charge is 0.436 e. The Labute approximate surface area is 129 Å². The summed E-state index contributed by atoms with van der Waals surface area (Å²) < 4.78 is 21.5. The number of benzene rings is 1. The second-order valence-corrected chi connectivity index (χ2v) is 5.59. The fourth-order valence-corrected chi connectivity index (χ4v) is 2.45. The predicted molar refractivity (Wildman–Crippen MR) is 80.9 cm³/mol. The van der Waals surface area contributed by atoms with E-state index in [0.29, 0.717) is 34.0 Å². The molecule has 0 aliphatic rings. The normalized spacial score (nSPS) is 10.8. The number of hydrogen-bond acceptors (Lipinski definition) is 3. The third-order valence-electron chi connectivity index (χ3n) is 2.74. The standard InChI is InChI=1S/C13H14BrClFN3O/c1-3-4-19-13(12(17)7(2)18-19)20-11-6-10(16)9(15)5-8(11)14/h5-6H,3-4,17H2,1-2H3. The number of ether oxygens (including phenoxy) is 1. The average Bonchev–Trinajstić information content (AvgIpc) is 2.64. The summed E-state index contributed by atoms with van der Waals surface area (Å²) in [5.74, 6) is 0.157. The van der Waals surface area contributed by atoms with E-state index in [-0.39, 0.29) is 5.02 Å². The number of halogens is 3. The molecule has 1 aromatic heterocycles. The van der Waals surface area contributed by atoms with Crippen LogP contribution in [0.15, 0.2) is 16.6 Å². The summed E-state index contributed by atoms with van der Waals surface area (Å²) >= 11 is 8.99. The zero-order valence-corrected chi connectivity index (χ0v) is 13.4. The first-order chi connectivity index (χ1) is 9.43. The Balaban J connectivity index is 2.42. The Bertz CT molecular complexity index is 645. The van der Waals surface area contributed by atoms with Crippen LogP contribution in [0.4, 0.5) is 10.1 Å². The monoisotopic (exact) mass is 361 g/mol. The second-order valence-electron chi connectivity index (χ2n) is 4.33. The van der Waals surface area contributed by atoms with Gasteiger partial charge in [0.05, 0.1) is 15.2 Å². The van der Waals surface area contributed by atoms with Crippen LogP contribution in [0, 0.1) is 12.7 Å². The lowest BCUT2D eigenvalue weighted by Gasteiger charge is -2.11. The van der Waals surface area contributed by atoms with Crippen molar-refractivity contribution in [2.75, 3.05) is 5.73 Å². The Morgan fingerprint density at radius 1 is 1.50 bits per heavy atom. The second kappa shape index (κ2) is 6.01. The van der Waals surface area contributed by atoms with E-state index in [9.17, 15) is 4.39 Å². The van der Waals surface area contributed by atoms with Gasteiger partial charge in [-0.1, -0.05) is 18.5 Å². The van der Waals surface area contributed by atoms with Gasteiger partial charge in [-0.2, -0.15) is 5.10 Å². The van der Waals surface area contributed by atoms with Crippen molar-refractivity contribution in [3.63, 3.8) is 0 Å². The molecule has 0 atom stereocenters. The highest BCUT2D eigenvalue weighted by Gasteiger charge is 2.17. The van der Waals surface area contributed by atoms with Gasteiger partial charge in [0.15, 0.2) is 0 Å². The summed E-state index contributed by atoms with van der Waals surface area (Å²) in [7, 11) is 0. The molecule has 0 spiro atoms. The Hall–Kier alpha value is -1.27. The highest BCUT2D eigenvalue weighted by molar-refractivity contribution is 9.10. The highest BCUT2D eigenvalue weighted by Crippen LogP contribution is 2.36. The van der Waals surface area contributed by atoms with Gasteiger partial charge in [0.25, 0.3) is 0 Å². The molecule has 1 aromatic carbocycles. The van der Waals surface area contributed by atoms with Crippen LogP contribution < -0.4 is 10.5 Å². The summed E-state index contributed by atoms with van der Waals surface area (Å²) in [5.41, 5.74) is 7.08. The molecule has 4 nitrogen and oxygen atoms in total.